The third-order valence-electron chi connectivity index (χ3n) is 3.07. The number of para-hydroxylation sites is 1. The van der Waals surface area contributed by atoms with Crippen molar-refractivity contribution in [1.82, 2.24) is 9.55 Å². The molecule has 4 nitrogen and oxygen atoms in total. The summed E-state index contributed by atoms with van der Waals surface area (Å²) in [7, 11) is 0. The normalized spacial score (nSPS) is 12.3. The molecule has 1 atom stereocenters. The van der Waals surface area contributed by atoms with Crippen LogP contribution in [0.4, 0.5) is 0 Å². The molecule has 1 aromatic carbocycles. The van der Waals surface area contributed by atoms with E-state index in [-0.39, 0.29) is 11.6 Å². The van der Waals surface area contributed by atoms with Crippen molar-refractivity contribution in [2.24, 2.45) is 0 Å². The first-order valence-corrected chi connectivity index (χ1v) is 7.18. The molecule has 0 aliphatic heterocycles. The van der Waals surface area contributed by atoms with E-state index in [4.69, 9.17) is 5.26 Å². The molecule has 0 saturated heterocycles. The fraction of sp³-hybridized carbons (Fsp3) is 0.357. The fourth-order valence-electron chi connectivity index (χ4n) is 1.90. The third-order valence-corrected chi connectivity index (χ3v) is 3.89. The zero-order valence-corrected chi connectivity index (χ0v) is 11.8. The van der Waals surface area contributed by atoms with Gasteiger partial charge >= 0.3 is 0 Å². The number of hydrogen-bond donors (Lipinski definition) is 0. The number of hydrogen-bond acceptors (Lipinski definition) is 4. The van der Waals surface area contributed by atoms with Crippen LogP contribution in [0.2, 0.25) is 0 Å². The highest BCUT2D eigenvalue weighted by Crippen LogP contribution is 2.21. The summed E-state index contributed by atoms with van der Waals surface area (Å²) in [6.45, 7) is 4.03. The second kappa shape index (κ2) is 5.89. The summed E-state index contributed by atoms with van der Waals surface area (Å²) in [5.41, 5.74) is 0.660. The van der Waals surface area contributed by atoms with Gasteiger partial charge in [-0.3, -0.25) is 9.36 Å². The molecule has 0 aliphatic carbocycles. The van der Waals surface area contributed by atoms with Gasteiger partial charge in [0.2, 0.25) is 0 Å². The summed E-state index contributed by atoms with van der Waals surface area (Å²) in [5, 5.41) is 9.96. The van der Waals surface area contributed by atoms with Crippen LogP contribution in [-0.2, 0) is 0 Å². The predicted molar refractivity (Wildman–Crippen MR) is 77.3 cm³/mol. The first-order chi connectivity index (χ1) is 9.19. The van der Waals surface area contributed by atoms with Crippen LogP contribution >= 0.6 is 11.8 Å². The van der Waals surface area contributed by atoms with Crippen molar-refractivity contribution >= 4 is 22.7 Å². The monoisotopic (exact) mass is 273 g/mol. The van der Waals surface area contributed by atoms with Crippen molar-refractivity contribution in [3.63, 3.8) is 0 Å². The Morgan fingerprint density at radius 2 is 2.21 bits per heavy atom. The van der Waals surface area contributed by atoms with Gasteiger partial charge in [0, 0.05) is 6.04 Å². The van der Waals surface area contributed by atoms with Gasteiger partial charge in [0.1, 0.15) is 0 Å². The number of nitriles is 1. The lowest BCUT2D eigenvalue weighted by Gasteiger charge is -2.17. The topological polar surface area (TPSA) is 58.7 Å². The Morgan fingerprint density at radius 3 is 2.89 bits per heavy atom. The lowest BCUT2D eigenvalue weighted by molar-refractivity contribution is 0.468. The highest BCUT2D eigenvalue weighted by Gasteiger charge is 2.14. The molecule has 5 heteroatoms. The fourth-order valence-corrected chi connectivity index (χ4v) is 2.65. The molecule has 1 heterocycles. The standard InChI is InChI=1S/C14H15N3OS/c1-3-10(2)17-13(18)11-6-4-5-7-12(11)16-14(17)19-9-8-15/h4-7,10H,3,9H2,1-2H3/t10-/m0/s1. The van der Waals surface area contributed by atoms with Gasteiger partial charge in [0.15, 0.2) is 5.16 Å². The Morgan fingerprint density at radius 1 is 1.47 bits per heavy atom. The minimum atomic E-state index is -0.0274. The Kier molecular flexibility index (Phi) is 4.23. The molecular formula is C14H15N3OS. The smallest absolute Gasteiger partial charge is 0.262 e. The molecule has 1 aromatic heterocycles. The van der Waals surface area contributed by atoms with Gasteiger partial charge in [0.05, 0.1) is 22.7 Å². The van der Waals surface area contributed by atoms with Crippen molar-refractivity contribution in [2.75, 3.05) is 5.75 Å². The van der Waals surface area contributed by atoms with Gasteiger partial charge in [0.25, 0.3) is 5.56 Å². The molecule has 2 rings (SSSR count). The van der Waals surface area contributed by atoms with Crippen molar-refractivity contribution in [1.29, 1.82) is 5.26 Å². The lowest BCUT2D eigenvalue weighted by atomic mass is 10.2. The second-order valence-electron chi connectivity index (χ2n) is 4.29. The zero-order chi connectivity index (χ0) is 13.8. The van der Waals surface area contributed by atoms with E-state index >= 15 is 0 Å². The van der Waals surface area contributed by atoms with Crippen LogP contribution in [0.15, 0.2) is 34.2 Å². The van der Waals surface area contributed by atoms with Crippen molar-refractivity contribution < 1.29 is 0 Å². The van der Waals surface area contributed by atoms with Crippen LogP contribution in [0, 0.1) is 11.3 Å². The lowest BCUT2D eigenvalue weighted by Crippen LogP contribution is -2.26. The Bertz CT molecular complexity index is 687. The largest absolute Gasteiger partial charge is 0.284 e. The minimum Gasteiger partial charge on any atom is -0.284 e. The molecule has 0 amide bonds. The van der Waals surface area contributed by atoms with Crippen molar-refractivity contribution in [3.05, 3.63) is 34.6 Å². The van der Waals surface area contributed by atoms with E-state index in [0.29, 0.717) is 21.8 Å². The average molecular weight is 273 g/mol. The third kappa shape index (κ3) is 2.64. The zero-order valence-electron chi connectivity index (χ0n) is 11.0. The SMILES string of the molecule is CC[C@H](C)n1c(SCC#N)nc2ccccc2c1=O. The van der Waals surface area contributed by atoms with Gasteiger partial charge in [-0.05, 0) is 25.5 Å². The maximum Gasteiger partial charge on any atom is 0.262 e. The van der Waals surface area contributed by atoms with Gasteiger partial charge in [-0.1, -0.05) is 30.8 Å². The van der Waals surface area contributed by atoms with E-state index in [1.807, 2.05) is 32.0 Å². The molecule has 0 bridgehead atoms. The van der Waals surface area contributed by atoms with Gasteiger partial charge < -0.3 is 0 Å². The van der Waals surface area contributed by atoms with E-state index in [1.54, 1.807) is 10.6 Å². The van der Waals surface area contributed by atoms with Crippen LogP contribution in [0.1, 0.15) is 26.3 Å². The molecule has 0 fully saturated rings. The molecule has 0 saturated carbocycles. The molecule has 0 aliphatic rings. The summed E-state index contributed by atoms with van der Waals surface area (Å²) in [6.07, 6.45) is 0.847. The first kappa shape index (κ1) is 13.6. The predicted octanol–water partition coefficient (Wildman–Crippen LogP) is 2.98. The number of nitrogens with zero attached hydrogens (tertiary/aromatic N) is 3. The van der Waals surface area contributed by atoms with E-state index in [0.717, 1.165) is 6.42 Å². The van der Waals surface area contributed by atoms with E-state index in [1.165, 1.54) is 11.8 Å². The van der Waals surface area contributed by atoms with Gasteiger partial charge in [-0.25, -0.2) is 4.98 Å². The molecule has 19 heavy (non-hydrogen) atoms. The minimum absolute atomic E-state index is 0.0274. The molecule has 98 valence electrons. The summed E-state index contributed by atoms with van der Waals surface area (Å²) >= 11 is 1.31. The molecule has 0 radical (unpaired) electrons. The summed E-state index contributed by atoms with van der Waals surface area (Å²) in [4.78, 5) is 17.1. The van der Waals surface area contributed by atoms with Crippen LogP contribution in [-0.4, -0.2) is 15.3 Å². The second-order valence-corrected chi connectivity index (χ2v) is 5.23. The first-order valence-electron chi connectivity index (χ1n) is 6.20. The summed E-state index contributed by atoms with van der Waals surface area (Å²) in [5.74, 6) is 0.293. The number of rotatable bonds is 4. The maximum atomic E-state index is 12.5. The van der Waals surface area contributed by atoms with Crippen molar-refractivity contribution in [2.45, 2.75) is 31.5 Å². The molecule has 0 N–H and O–H groups in total. The quantitative estimate of drug-likeness (QED) is 0.634. The number of benzene rings is 1. The summed E-state index contributed by atoms with van der Waals surface area (Å²) in [6, 6.07) is 9.48. The number of fused-ring (bicyclic) bond motifs is 1. The van der Waals surface area contributed by atoms with Gasteiger partial charge in [-0.15, -0.1) is 0 Å². The highest BCUT2D eigenvalue weighted by molar-refractivity contribution is 7.99. The summed E-state index contributed by atoms with van der Waals surface area (Å²) < 4.78 is 1.70. The highest BCUT2D eigenvalue weighted by atomic mass is 32.2. The molecule has 2 aromatic rings. The number of thioether (sulfide) groups is 1. The molecular weight excluding hydrogens is 258 g/mol. The molecule has 0 spiro atoms. The van der Waals surface area contributed by atoms with Crippen LogP contribution < -0.4 is 5.56 Å². The van der Waals surface area contributed by atoms with Crippen LogP contribution in [0.5, 0.6) is 0 Å². The van der Waals surface area contributed by atoms with E-state index < -0.39 is 0 Å². The average Bonchev–Trinajstić information content (AvgIpc) is 2.44. The van der Waals surface area contributed by atoms with Gasteiger partial charge in [-0.2, -0.15) is 5.26 Å². The maximum absolute atomic E-state index is 12.5. The Labute approximate surface area is 116 Å². The van der Waals surface area contributed by atoms with Crippen molar-refractivity contribution in [3.8, 4) is 6.07 Å². The molecule has 0 unspecified atom stereocenters. The van der Waals surface area contributed by atoms with E-state index in [9.17, 15) is 4.79 Å². The van der Waals surface area contributed by atoms with Crippen LogP contribution in [0.3, 0.4) is 0 Å². The Balaban J connectivity index is 2.70. The van der Waals surface area contributed by atoms with Crippen LogP contribution in [0.25, 0.3) is 10.9 Å². The van der Waals surface area contributed by atoms with E-state index in [2.05, 4.69) is 11.1 Å². The number of aromatic nitrogens is 2. The Hall–Kier alpha value is -1.80.